The molecule has 1 saturated heterocycles. The molecule has 0 aromatic carbocycles. The molecule has 102 valence electrons. The summed E-state index contributed by atoms with van der Waals surface area (Å²) < 4.78 is 0. The molecule has 0 aromatic heterocycles. The molecule has 3 heteroatoms. The van der Waals surface area contributed by atoms with E-state index in [0.717, 1.165) is 31.3 Å². The van der Waals surface area contributed by atoms with Gasteiger partial charge in [0.15, 0.2) is 0 Å². The van der Waals surface area contributed by atoms with Gasteiger partial charge in [0.25, 0.3) is 0 Å². The summed E-state index contributed by atoms with van der Waals surface area (Å²) >= 11 is 0. The van der Waals surface area contributed by atoms with E-state index >= 15 is 0 Å². The summed E-state index contributed by atoms with van der Waals surface area (Å²) in [7, 11) is 0. The smallest absolute Gasteiger partial charge is 0.239 e. The first-order chi connectivity index (χ1) is 8.74. The average molecular weight is 250 g/mol. The zero-order chi connectivity index (χ0) is 12.5. The second-order valence-electron chi connectivity index (χ2n) is 6.59. The minimum absolute atomic E-state index is 0.128. The first-order valence-electron chi connectivity index (χ1n) is 7.79. The van der Waals surface area contributed by atoms with Crippen molar-refractivity contribution in [3.63, 3.8) is 0 Å². The molecular formula is C15H26N2O. The third-order valence-electron chi connectivity index (χ3n) is 5.04. The maximum atomic E-state index is 12.4. The highest BCUT2D eigenvalue weighted by Gasteiger charge is 2.35. The van der Waals surface area contributed by atoms with Crippen molar-refractivity contribution in [1.29, 1.82) is 0 Å². The number of hydrogen-bond donors (Lipinski definition) is 1. The van der Waals surface area contributed by atoms with Crippen LogP contribution in [-0.4, -0.2) is 36.0 Å². The molecule has 3 rings (SSSR count). The minimum atomic E-state index is 0.128. The monoisotopic (exact) mass is 250 g/mol. The molecule has 1 aliphatic heterocycles. The van der Waals surface area contributed by atoms with Gasteiger partial charge in [-0.2, -0.15) is 0 Å². The van der Waals surface area contributed by atoms with Gasteiger partial charge in [-0.3, -0.25) is 4.79 Å². The number of hydrogen-bond acceptors (Lipinski definition) is 2. The minimum Gasteiger partial charge on any atom is -0.341 e. The maximum absolute atomic E-state index is 12.4. The zero-order valence-electron chi connectivity index (χ0n) is 11.5. The van der Waals surface area contributed by atoms with Gasteiger partial charge in [-0.25, -0.2) is 0 Å². The highest BCUT2D eigenvalue weighted by atomic mass is 16.2. The lowest BCUT2D eigenvalue weighted by atomic mass is 9.95. The van der Waals surface area contributed by atoms with Crippen molar-refractivity contribution in [2.75, 3.05) is 13.1 Å². The van der Waals surface area contributed by atoms with E-state index in [-0.39, 0.29) is 6.04 Å². The van der Waals surface area contributed by atoms with Crippen molar-refractivity contribution in [1.82, 2.24) is 10.2 Å². The van der Waals surface area contributed by atoms with Crippen LogP contribution in [0.3, 0.4) is 0 Å². The van der Waals surface area contributed by atoms with E-state index in [2.05, 4.69) is 17.1 Å². The second kappa shape index (κ2) is 5.20. The molecule has 1 N–H and O–H groups in total. The van der Waals surface area contributed by atoms with Crippen LogP contribution in [0, 0.1) is 11.8 Å². The van der Waals surface area contributed by atoms with E-state index in [0.29, 0.717) is 11.9 Å². The number of carbonyl (C=O) groups is 1. The van der Waals surface area contributed by atoms with Crippen LogP contribution in [0.2, 0.25) is 0 Å². The molecule has 3 fully saturated rings. The molecular weight excluding hydrogens is 224 g/mol. The Morgan fingerprint density at radius 2 is 2.00 bits per heavy atom. The Hall–Kier alpha value is -0.570. The van der Waals surface area contributed by atoms with E-state index < -0.39 is 0 Å². The summed E-state index contributed by atoms with van der Waals surface area (Å²) in [6.45, 7) is 4.36. The van der Waals surface area contributed by atoms with Gasteiger partial charge in [0, 0.05) is 19.1 Å². The lowest BCUT2D eigenvalue weighted by Crippen LogP contribution is -2.52. The van der Waals surface area contributed by atoms with E-state index in [4.69, 9.17) is 0 Å². The molecule has 0 spiro atoms. The number of amides is 1. The van der Waals surface area contributed by atoms with Gasteiger partial charge >= 0.3 is 0 Å². The Kier molecular flexibility index (Phi) is 3.60. The lowest BCUT2D eigenvalue weighted by Gasteiger charge is -2.35. The van der Waals surface area contributed by atoms with Crippen LogP contribution in [0.15, 0.2) is 0 Å². The highest BCUT2D eigenvalue weighted by Crippen LogP contribution is 2.32. The zero-order valence-corrected chi connectivity index (χ0v) is 11.5. The molecule has 0 aromatic rings. The van der Waals surface area contributed by atoms with Gasteiger partial charge < -0.3 is 10.2 Å². The summed E-state index contributed by atoms with van der Waals surface area (Å²) in [5.74, 6) is 1.95. The van der Waals surface area contributed by atoms with Crippen molar-refractivity contribution in [2.24, 2.45) is 11.8 Å². The van der Waals surface area contributed by atoms with E-state index in [9.17, 15) is 4.79 Å². The largest absolute Gasteiger partial charge is 0.341 e. The lowest BCUT2D eigenvalue weighted by molar-refractivity contribution is -0.136. The Labute approximate surface area is 110 Å². The number of piperidine rings is 1. The molecule has 3 atom stereocenters. The normalized spacial score (nSPS) is 37.3. The van der Waals surface area contributed by atoms with Crippen LogP contribution in [0.5, 0.6) is 0 Å². The average Bonchev–Trinajstić information content (AvgIpc) is 3.08. The Balaban J connectivity index is 1.55. The van der Waals surface area contributed by atoms with Crippen LogP contribution in [-0.2, 0) is 4.79 Å². The molecule has 3 aliphatic rings. The Morgan fingerprint density at radius 3 is 2.67 bits per heavy atom. The van der Waals surface area contributed by atoms with Gasteiger partial charge in [0.1, 0.15) is 0 Å². The second-order valence-corrected chi connectivity index (χ2v) is 6.59. The molecule has 0 bridgehead atoms. The third kappa shape index (κ3) is 2.71. The first kappa shape index (κ1) is 12.5. The molecule has 3 unspecified atom stereocenters. The van der Waals surface area contributed by atoms with Crippen LogP contribution < -0.4 is 5.32 Å². The molecule has 18 heavy (non-hydrogen) atoms. The first-order valence-corrected chi connectivity index (χ1v) is 7.79. The van der Waals surface area contributed by atoms with Crippen LogP contribution in [0.1, 0.15) is 51.9 Å². The topological polar surface area (TPSA) is 32.3 Å². The van der Waals surface area contributed by atoms with Crippen molar-refractivity contribution in [2.45, 2.75) is 64.0 Å². The number of likely N-dealkylation sites (tertiary alicyclic amines) is 1. The molecule has 0 radical (unpaired) electrons. The molecule has 2 saturated carbocycles. The van der Waals surface area contributed by atoms with Crippen molar-refractivity contribution in [3.05, 3.63) is 0 Å². The standard InChI is InChI=1S/C15H26N2O/c1-11-4-2-5-12(11)10-17-9-3-6-14(15(17)18)16-13-7-8-13/h11-14,16H,2-10H2,1H3. The van der Waals surface area contributed by atoms with Crippen molar-refractivity contribution < 1.29 is 4.79 Å². The van der Waals surface area contributed by atoms with E-state index in [1.165, 1.54) is 38.5 Å². The highest BCUT2D eigenvalue weighted by molar-refractivity contribution is 5.82. The third-order valence-corrected chi connectivity index (χ3v) is 5.04. The fourth-order valence-corrected chi connectivity index (χ4v) is 3.59. The Morgan fingerprint density at radius 1 is 1.17 bits per heavy atom. The summed E-state index contributed by atoms with van der Waals surface area (Å²) in [4.78, 5) is 14.6. The van der Waals surface area contributed by atoms with Crippen LogP contribution in [0.25, 0.3) is 0 Å². The summed E-state index contributed by atoms with van der Waals surface area (Å²) in [5, 5.41) is 3.52. The summed E-state index contributed by atoms with van der Waals surface area (Å²) in [5.41, 5.74) is 0. The van der Waals surface area contributed by atoms with Gasteiger partial charge in [-0.15, -0.1) is 0 Å². The SMILES string of the molecule is CC1CCCC1CN1CCCC(NC2CC2)C1=O. The number of rotatable bonds is 4. The van der Waals surface area contributed by atoms with Gasteiger partial charge in [0.05, 0.1) is 6.04 Å². The predicted molar refractivity (Wildman–Crippen MR) is 72.3 cm³/mol. The van der Waals surface area contributed by atoms with E-state index in [1.54, 1.807) is 0 Å². The van der Waals surface area contributed by atoms with Crippen LogP contribution in [0.4, 0.5) is 0 Å². The van der Waals surface area contributed by atoms with E-state index in [1.807, 2.05) is 0 Å². The molecule has 1 heterocycles. The predicted octanol–water partition coefficient (Wildman–Crippen LogP) is 2.17. The molecule has 3 nitrogen and oxygen atoms in total. The summed E-state index contributed by atoms with van der Waals surface area (Å²) in [6, 6.07) is 0.771. The molecule has 2 aliphatic carbocycles. The fraction of sp³-hybridized carbons (Fsp3) is 0.933. The van der Waals surface area contributed by atoms with Gasteiger partial charge in [-0.05, 0) is 43.9 Å². The van der Waals surface area contributed by atoms with Gasteiger partial charge in [-0.1, -0.05) is 19.8 Å². The summed E-state index contributed by atoms with van der Waals surface area (Å²) in [6.07, 6.45) is 8.80. The Bertz CT molecular complexity index is 314. The van der Waals surface area contributed by atoms with Gasteiger partial charge in [0.2, 0.25) is 5.91 Å². The van der Waals surface area contributed by atoms with Crippen LogP contribution >= 0.6 is 0 Å². The van der Waals surface area contributed by atoms with Crippen molar-refractivity contribution >= 4 is 5.91 Å². The quantitative estimate of drug-likeness (QED) is 0.829. The maximum Gasteiger partial charge on any atom is 0.239 e. The van der Waals surface area contributed by atoms with Crippen molar-refractivity contribution in [3.8, 4) is 0 Å². The number of nitrogens with zero attached hydrogens (tertiary/aromatic N) is 1. The molecule has 1 amide bonds. The number of nitrogens with one attached hydrogen (secondary N) is 1. The number of carbonyl (C=O) groups excluding carboxylic acids is 1. The fourth-order valence-electron chi connectivity index (χ4n) is 3.59.